The Morgan fingerprint density at radius 2 is 1.62 bits per heavy atom. The zero-order valence-electron chi connectivity index (χ0n) is 23.5. The van der Waals surface area contributed by atoms with Crippen molar-refractivity contribution in [2.24, 2.45) is 0 Å². The van der Waals surface area contributed by atoms with Crippen molar-refractivity contribution in [3.05, 3.63) is 66.0 Å². The lowest BCUT2D eigenvalue weighted by Gasteiger charge is -2.26. The molecule has 0 saturated heterocycles. The van der Waals surface area contributed by atoms with Gasteiger partial charge in [0.2, 0.25) is 16.0 Å². The van der Waals surface area contributed by atoms with Gasteiger partial charge in [0.05, 0.1) is 37.9 Å². The van der Waals surface area contributed by atoms with Crippen molar-refractivity contribution in [1.82, 2.24) is 29.7 Å². The molecule has 0 aliphatic heterocycles. The third-order valence-corrected chi connectivity index (χ3v) is 7.78. The third kappa shape index (κ3) is 6.05. The van der Waals surface area contributed by atoms with E-state index in [0.717, 1.165) is 5.56 Å². The van der Waals surface area contributed by atoms with E-state index in [-0.39, 0.29) is 12.1 Å². The van der Waals surface area contributed by atoms with Crippen molar-refractivity contribution < 1.29 is 22.6 Å². The summed E-state index contributed by atoms with van der Waals surface area (Å²) in [5, 5.41) is 7.49. The number of anilines is 1. The normalized spacial score (nSPS) is 13.2. The van der Waals surface area contributed by atoms with E-state index in [0.29, 0.717) is 40.0 Å². The van der Waals surface area contributed by atoms with Crippen molar-refractivity contribution in [2.45, 2.75) is 52.1 Å². The highest BCUT2D eigenvalue weighted by Crippen LogP contribution is 2.38. The van der Waals surface area contributed by atoms with Gasteiger partial charge in [-0.05, 0) is 58.4 Å². The maximum atomic E-state index is 13.9. The van der Waals surface area contributed by atoms with Crippen LogP contribution in [-0.4, -0.2) is 63.7 Å². The van der Waals surface area contributed by atoms with Crippen LogP contribution in [0.15, 0.2) is 49.1 Å². The lowest BCUT2D eigenvalue weighted by molar-refractivity contribution is 0.00394. The number of nitrogens with zero attached hydrogens (tertiary/aromatic N) is 6. The van der Waals surface area contributed by atoms with E-state index in [4.69, 9.17) is 14.2 Å². The number of benzene rings is 1. The highest BCUT2D eigenvalue weighted by molar-refractivity contribution is 7.93. The molecule has 40 heavy (non-hydrogen) atoms. The van der Waals surface area contributed by atoms with Crippen LogP contribution in [0, 0.1) is 13.8 Å². The van der Waals surface area contributed by atoms with Crippen LogP contribution in [-0.2, 0) is 14.8 Å². The molecular weight excluding hydrogens is 534 g/mol. The summed E-state index contributed by atoms with van der Waals surface area (Å²) in [6.45, 7) is 8.90. The Balaban J connectivity index is 1.85. The monoisotopic (exact) mass is 567 g/mol. The third-order valence-electron chi connectivity index (χ3n) is 6.08. The minimum atomic E-state index is -4.13. The Bertz CT molecular complexity index is 1550. The molecule has 13 heteroatoms. The van der Waals surface area contributed by atoms with Gasteiger partial charge in [-0.2, -0.15) is 0 Å². The van der Waals surface area contributed by atoms with Gasteiger partial charge < -0.3 is 14.2 Å². The molecule has 0 saturated carbocycles. The number of para-hydroxylation sites is 1. The number of pyridine rings is 1. The fraction of sp³-hybridized carbons (Fsp3) is 0.370. The van der Waals surface area contributed by atoms with Crippen molar-refractivity contribution in [2.75, 3.05) is 18.9 Å². The zero-order valence-corrected chi connectivity index (χ0v) is 24.3. The van der Waals surface area contributed by atoms with E-state index < -0.39 is 21.4 Å². The molecule has 0 spiro atoms. The molecule has 0 unspecified atom stereocenters. The molecule has 1 N–H and O–H groups in total. The first kappa shape index (κ1) is 28.9. The minimum Gasteiger partial charge on any atom is -0.494 e. The highest BCUT2D eigenvalue weighted by atomic mass is 32.2. The Kier molecular flexibility index (Phi) is 8.64. The molecule has 4 aromatic rings. The summed E-state index contributed by atoms with van der Waals surface area (Å²) in [6, 6.07) is 7.11. The second kappa shape index (κ2) is 12.0. The summed E-state index contributed by atoms with van der Waals surface area (Å²) in [5.41, 5.74) is 3.03. The SMILES string of the molecule is COc1cccc(OC)c1-n1c(NS(=O)(=O)[C@@H](C)[C@@H](OC(C)C)c2cnc(C)cn2)nnc1-c1cncc(C)c1. The van der Waals surface area contributed by atoms with Gasteiger partial charge in [-0.3, -0.25) is 24.2 Å². The van der Waals surface area contributed by atoms with Crippen molar-refractivity contribution >= 4 is 16.0 Å². The van der Waals surface area contributed by atoms with Crippen LogP contribution in [0.2, 0.25) is 0 Å². The summed E-state index contributed by atoms with van der Waals surface area (Å²) in [5.74, 6) is 1.11. The quantitative estimate of drug-likeness (QED) is 0.282. The second-order valence-electron chi connectivity index (χ2n) is 9.49. The van der Waals surface area contributed by atoms with E-state index in [2.05, 4.69) is 29.9 Å². The molecule has 0 radical (unpaired) electrons. The van der Waals surface area contributed by atoms with Crippen molar-refractivity contribution in [1.29, 1.82) is 0 Å². The van der Waals surface area contributed by atoms with Crippen LogP contribution in [0.3, 0.4) is 0 Å². The standard InChI is InChI=1S/C27H33N7O5S/c1-16(2)39-25(21-15-29-18(4)13-30-21)19(5)40(35,36)33-27-32-31-26(20-11-17(3)12-28-14-20)34(27)24-22(37-6)9-8-10-23(24)38-7/h8-16,19,25H,1-7H3,(H,32,33)/t19-,25+/m0/s1. The fourth-order valence-corrected chi connectivity index (χ4v) is 5.23. The maximum absolute atomic E-state index is 13.9. The largest absolute Gasteiger partial charge is 0.494 e. The predicted octanol–water partition coefficient (Wildman–Crippen LogP) is 4.05. The Hall–Kier alpha value is -4.10. The summed E-state index contributed by atoms with van der Waals surface area (Å²) in [4.78, 5) is 12.9. The lowest BCUT2D eigenvalue weighted by Crippen LogP contribution is -2.34. The summed E-state index contributed by atoms with van der Waals surface area (Å²) in [7, 11) is -1.10. The molecule has 212 valence electrons. The summed E-state index contributed by atoms with van der Waals surface area (Å²) in [6.07, 6.45) is 5.27. The lowest BCUT2D eigenvalue weighted by atomic mass is 10.2. The molecule has 4 rings (SSSR count). The van der Waals surface area contributed by atoms with Crippen LogP contribution in [0.1, 0.15) is 43.8 Å². The molecule has 3 aromatic heterocycles. The minimum absolute atomic E-state index is 0.0653. The van der Waals surface area contributed by atoms with Gasteiger partial charge in [0, 0.05) is 24.2 Å². The smallest absolute Gasteiger partial charge is 0.243 e. The average molecular weight is 568 g/mol. The summed E-state index contributed by atoms with van der Waals surface area (Å²) < 4.78 is 49.2. The molecule has 12 nitrogen and oxygen atoms in total. The number of rotatable bonds is 11. The number of sulfonamides is 1. The molecule has 0 amide bonds. The first-order valence-electron chi connectivity index (χ1n) is 12.6. The summed E-state index contributed by atoms with van der Waals surface area (Å²) >= 11 is 0. The van der Waals surface area contributed by atoms with Gasteiger partial charge in [0.25, 0.3) is 0 Å². The van der Waals surface area contributed by atoms with Crippen molar-refractivity contribution in [3.63, 3.8) is 0 Å². The maximum Gasteiger partial charge on any atom is 0.243 e. The molecular formula is C27H33N7O5S. The van der Waals surface area contributed by atoms with Crippen LogP contribution in [0.4, 0.5) is 5.95 Å². The molecule has 0 aliphatic rings. The molecule has 2 atom stereocenters. The second-order valence-corrected chi connectivity index (χ2v) is 11.5. The number of hydrogen-bond acceptors (Lipinski definition) is 10. The molecule has 1 aromatic carbocycles. The van der Waals surface area contributed by atoms with Crippen LogP contribution in [0.5, 0.6) is 11.5 Å². The number of hydrogen-bond donors (Lipinski definition) is 1. The first-order valence-corrected chi connectivity index (χ1v) is 14.1. The number of aryl methyl sites for hydroxylation is 2. The van der Waals surface area contributed by atoms with E-state index in [1.807, 2.05) is 26.8 Å². The zero-order chi connectivity index (χ0) is 29.0. The van der Waals surface area contributed by atoms with E-state index in [1.165, 1.54) is 20.4 Å². The number of ether oxygens (including phenoxy) is 3. The fourth-order valence-electron chi connectivity index (χ4n) is 4.12. The van der Waals surface area contributed by atoms with Gasteiger partial charge in [-0.15, -0.1) is 10.2 Å². The van der Waals surface area contributed by atoms with Gasteiger partial charge in [0.1, 0.15) is 28.5 Å². The van der Waals surface area contributed by atoms with Crippen LogP contribution < -0.4 is 14.2 Å². The Morgan fingerprint density at radius 1 is 0.925 bits per heavy atom. The molecule has 0 fully saturated rings. The average Bonchev–Trinajstić information content (AvgIpc) is 3.33. The van der Waals surface area contributed by atoms with Gasteiger partial charge >= 0.3 is 0 Å². The van der Waals surface area contributed by atoms with Gasteiger partial charge in [-0.1, -0.05) is 6.07 Å². The predicted molar refractivity (Wildman–Crippen MR) is 150 cm³/mol. The molecule has 0 aliphatic carbocycles. The number of aromatic nitrogens is 6. The van der Waals surface area contributed by atoms with Gasteiger partial charge in [-0.25, -0.2) is 8.42 Å². The molecule has 3 heterocycles. The van der Waals surface area contributed by atoms with Crippen LogP contribution in [0.25, 0.3) is 17.1 Å². The van der Waals surface area contributed by atoms with E-state index in [9.17, 15) is 8.42 Å². The number of methoxy groups -OCH3 is 2. The molecule has 0 bridgehead atoms. The topological polar surface area (TPSA) is 143 Å². The van der Waals surface area contributed by atoms with E-state index in [1.54, 1.807) is 55.2 Å². The van der Waals surface area contributed by atoms with Crippen molar-refractivity contribution in [3.8, 4) is 28.6 Å². The highest BCUT2D eigenvalue weighted by Gasteiger charge is 2.35. The Morgan fingerprint density at radius 3 is 2.20 bits per heavy atom. The van der Waals surface area contributed by atoms with Crippen LogP contribution >= 0.6 is 0 Å². The Labute approximate surface area is 233 Å². The first-order chi connectivity index (χ1) is 19.1. The van der Waals surface area contributed by atoms with E-state index >= 15 is 0 Å². The number of nitrogens with one attached hydrogen (secondary N) is 1. The van der Waals surface area contributed by atoms with Gasteiger partial charge in [0.15, 0.2) is 5.82 Å².